The Morgan fingerprint density at radius 3 is 2.47 bits per heavy atom. The molecule has 180 valence electrons. The highest BCUT2D eigenvalue weighted by Crippen LogP contribution is 2.46. The molecular formula is C28H23ClN4O2S. The van der Waals surface area contributed by atoms with Crippen LogP contribution >= 0.6 is 22.9 Å². The fraction of sp³-hybridized carbons (Fsp3) is 0.179. The summed E-state index contributed by atoms with van der Waals surface area (Å²) in [6, 6.07) is 19.4. The van der Waals surface area contributed by atoms with Crippen LogP contribution in [-0.2, 0) is 11.3 Å². The summed E-state index contributed by atoms with van der Waals surface area (Å²) in [5.74, 6) is 0.881. The van der Waals surface area contributed by atoms with Crippen molar-refractivity contribution in [2.45, 2.75) is 25.8 Å². The molecule has 0 N–H and O–H groups in total. The number of fused-ring (bicyclic) bond motifs is 3. The van der Waals surface area contributed by atoms with Crippen molar-refractivity contribution < 1.29 is 9.53 Å². The molecule has 0 saturated carbocycles. The molecule has 0 spiro atoms. The molecule has 8 heteroatoms. The summed E-state index contributed by atoms with van der Waals surface area (Å²) >= 11 is 7.98. The fourth-order valence-corrected chi connectivity index (χ4v) is 6.02. The minimum Gasteiger partial charge on any atom is -0.457 e. The molecule has 0 atom stereocenters. The molecule has 5 aromatic rings. The van der Waals surface area contributed by atoms with Crippen LogP contribution in [0.2, 0.25) is 5.02 Å². The van der Waals surface area contributed by atoms with E-state index in [1.807, 2.05) is 83.3 Å². The topological polar surface area (TPSA) is 60.2 Å². The smallest absolute Gasteiger partial charge is 0.241 e. The number of benzene rings is 3. The Morgan fingerprint density at radius 2 is 1.81 bits per heavy atom. The summed E-state index contributed by atoms with van der Waals surface area (Å²) in [6.45, 7) is 3.27. The summed E-state index contributed by atoms with van der Waals surface area (Å²) < 4.78 is 9.05. The number of ether oxygens (including phenoxy) is 1. The summed E-state index contributed by atoms with van der Waals surface area (Å²) in [5, 5.41) is 1.30. The van der Waals surface area contributed by atoms with Gasteiger partial charge in [0, 0.05) is 36.6 Å². The van der Waals surface area contributed by atoms with Crippen LogP contribution in [0.15, 0.2) is 79.4 Å². The third-order valence-electron chi connectivity index (χ3n) is 6.47. The van der Waals surface area contributed by atoms with Gasteiger partial charge in [0.2, 0.25) is 5.91 Å². The summed E-state index contributed by atoms with van der Waals surface area (Å²) in [6.07, 6.45) is 6.23. The van der Waals surface area contributed by atoms with Gasteiger partial charge >= 0.3 is 0 Å². The monoisotopic (exact) mass is 514 g/mol. The molecule has 3 heterocycles. The third kappa shape index (κ3) is 4.04. The Labute approximate surface area is 217 Å². The first-order chi connectivity index (χ1) is 17.6. The van der Waals surface area contributed by atoms with E-state index < -0.39 is 5.92 Å². The zero-order valence-electron chi connectivity index (χ0n) is 19.6. The lowest BCUT2D eigenvalue weighted by molar-refractivity contribution is -0.119. The number of aryl methyl sites for hydroxylation is 2. The number of imidazole rings is 1. The molecule has 2 aromatic heterocycles. The van der Waals surface area contributed by atoms with Crippen LogP contribution in [0.4, 0.5) is 5.13 Å². The van der Waals surface area contributed by atoms with Gasteiger partial charge in [-0.1, -0.05) is 65.4 Å². The maximum atomic E-state index is 14.4. The first-order valence-electron chi connectivity index (χ1n) is 11.8. The quantitative estimate of drug-likeness (QED) is 0.249. The molecule has 6 nitrogen and oxygen atoms in total. The van der Waals surface area contributed by atoms with E-state index in [0.29, 0.717) is 28.2 Å². The number of halogens is 1. The third-order valence-corrected chi connectivity index (χ3v) is 8.01. The number of anilines is 1. The second kappa shape index (κ2) is 9.41. The van der Waals surface area contributed by atoms with Crippen molar-refractivity contribution in [3.05, 3.63) is 101 Å². The lowest BCUT2D eigenvalue weighted by Crippen LogP contribution is -2.37. The average Bonchev–Trinajstić information content (AvgIpc) is 3.58. The van der Waals surface area contributed by atoms with E-state index >= 15 is 0 Å². The zero-order valence-corrected chi connectivity index (χ0v) is 21.2. The van der Waals surface area contributed by atoms with E-state index in [9.17, 15) is 4.79 Å². The highest BCUT2D eigenvalue weighted by atomic mass is 35.5. The second-order valence-corrected chi connectivity index (χ2v) is 10.2. The largest absolute Gasteiger partial charge is 0.457 e. The molecule has 1 amide bonds. The number of thiazole rings is 1. The van der Waals surface area contributed by atoms with Gasteiger partial charge in [-0.25, -0.2) is 9.97 Å². The molecule has 36 heavy (non-hydrogen) atoms. The highest BCUT2D eigenvalue weighted by Gasteiger charge is 2.36. The number of amides is 1. The predicted molar refractivity (Wildman–Crippen MR) is 143 cm³/mol. The van der Waals surface area contributed by atoms with Crippen molar-refractivity contribution in [3.63, 3.8) is 0 Å². The lowest BCUT2D eigenvalue weighted by Gasteiger charge is -2.31. The van der Waals surface area contributed by atoms with Crippen molar-refractivity contribution in [1.82, 2.24) is 14.5 Å². The van der Waals surface area contributed by atoms with E-state index in [-0.39, 0.29) is 5.91 Å². The first-order valence-corrected chi connectivity index (χ1v) is 13.0. The summed E-state index contributed by atoms with van der Waals surface area (Å²) in [7, 11) is 0. The lowest BCUT2D eigenvalue weighted by atomic mass is 9.87. The number of hydrogen-bond donors (Lipinski definition) is 0. The van der Waals surface area contributed by atoms with Crippen LogP contribution in [0.5, 0.6) is 11.5 Å². The normalized spacial score (nSPS) is 12.7. The number of rotatable bonds is 6. The van der Waals surface area contributed by atoms with Crippen LogP contribution in [-0.4, -0.2) is 27.0 Å². The molecule has 0 bridgehead atoms. The summed E-state index contributed by atoms with van der Waals surface area (Å²) in [5.41, 5.74) is 3.58. The van der Waals surface area contributed by atoms with E-state index in [1.165, 1.54) is 11.3 Å². The predicted octanol–water partition coefficient (Wildman–Crippen LogP) is 6.82. The number of para-hydroxylation sites is 2. The Bertz CT molecular complexity index is 1480. The Morgan fingerprint density at radius 1 is 1.08 bits per heavy atom. The Balaban J connectivity index is 1.43. The number of hydrogen-bond acceptors (Lipinski definition) is 5. The molecule has 1 aliphatic rings. The highest BCUT2D eigenvalue weighted by molar-refractivity contribution is 7.23. The van der Waals surface area contributed by atoms with Crippen LogP contribution in [0, 0.1) is 6.92 Å². The number of carbonyl (C=O) groups is 1. The van der Waals surface area contributed by atoms with Gasteiger partial charge in [-0.3, -0.25) is 9.69 Å². The fourth-order valence-electron chi connectivity index (χ4n) is 4.67. The molecule has 1 aliphatic heterocycles. The maximum absolute atomic E-state index is 14.4. The molecule has 3 aromatic carbocycles. The van der Waals surface area contributed by atoms with Crippen LogP contribution in [0.25, 0.3) is 10.2 Å². The molecule has 0 radical (unpaired) electrons. The van der Waals surface area contributed by atoms with Gasteiger partial charge in [-0.15, -0.1) is 0 Å². The SMILES string of the molecule is Cc1ccc(Cl)c2sc(N(CCCn3ccnc3)C(=O)C3c4ccccc4Oc4ccccc43)nc12. The van der Waals surface area contributed by atoms with Crippen molar-refractivity contribution in [3.8, 4) is 11.5 Å². The van der Waals surface area contributed by atoms with Gasteiger partial charge in [0.25, 0.3) is 0 Å². The van der Waals surface area contributed by atoms with Gasteiger partial charge in [-0.05, 0) is 37.1 Å². The minimum atomic E-state index is -0.497. The van der Waals surface area contributed by atoms with Gasteiger partial charge in [0.15, 0.2) is 5.13 Å². The maximum Gasteiger partial charge on any atom is 0.241 e. The van der Waals surface area contributed by atoms with Crippen LogP contribution in [0.3, 0.4) is 0 Å². The molecule has 0 aliphatic carbocycles. The molecule has 6 rings (SSSR count). The molecular weight excluding hydrogens is 492 g/mol. The van der Waals surface area contributed by atoms with Crippen molar-refractivity contribution in [2.24, 2.45) is 0 Å². The van der Waals surface area contributed by atoms with Crippen LogP contribution in [0.1, 0.15) is 29.0 Å². The number of nitrogens with zero attached hydrogens (tertiary/aromatic N) is 4. The van der Waals surface area contributed by atoms with Gasteiger partial charge in [0.1, 0.15) is 11.5 Å². The molecule has 0 fully saturated rings. The standard InChI is InChI=1S/C28H23ClN4O2S/c1-18-11-12-21(29)26-25(18)31-28(36-26)33(15-6-14-32-16-13-30-17-32)27(34)24-19-7-2-4-9-22(19)35-23-10-5-3-8-20(23)24/h2-5,7-13,16-17,24H,6,14-15H2,1H3. The zero-order chi connectivity index (χ0) is 24.6. The Hall–Kier alpha value is -3.68. The van der Waals surface area contributed by atoms with Gasteiger partial charge in [0.05, 0.1) is 27.5 Å². The van der Waals surface area contributed by atoms with Gasteiger partial charge < -0.3 is 9.30 Å². The van der Waals surface area contributed by atoms with Gasteiger partial charge in [-0.2, -0.15) is 0 Å². The van der Waals surface area contributed by atoms with E-state index in [0.717, 1.165) is 39.9 Å². The van der Waals surface area contributed by atoms with E-state index in [2.05, 4.69) is 4.98 Å². The van der Waals surface area contributed by atoms with Crippen LogP contribution < -0.4 is 9.64 Å². The number of aromatic nitrogens is 3. The molecule has 0 saturated heterocycles. The first kappa shape index (κ1) is 22.8. The average molecular weight is 515 g/mol. The van der Waals surface area contributed by atoms with E-state index in [1.54, 1.807) is 12.5 Å². The minimum absolute atomic E-state index is 0.0309. The Kier molecular flexibility index (Phi) is 5.95. The van der Waals surface area contributed by atoms with E-state index in [4.69, 9.17) is 21.3 Å². The van der Waals surface area contributed by atoms with Crippen molar-refractivity contribution in [2.75, 3.05) is 11.4 Å². The number of carbonyl (C=O) groups excluding carboxylic acids is 1. The van der Waals surface area contributed by atoms with Crippen molar-refractivity contribution >= 4 is 44.2 Å². The second-order valence-electron chi connectivity index (χ2n) is 8.79. The summed E-state index contributed by atoms with van der Waals surface area (Å²) in [4.78, 5) is 25.3. The molecule has 0 unspecified atom stereocenters. The van der Waals surface area contributed by atoms with Crippen molar-refractivity contribution in [1.29, 1.82) is 0 Å².